The van der Waals surface area contributed by atoms with E-state index in [2.05, 4.69) is 108 Å². The first-order valence-electron chi connectivity index (χ1n) is 14.8. The van der Waals surface area contributed by atoms with Crippen LogP contribution < -0.4 is 4.90 Å². The molecule has 0 radical (unpaired) electrons. The average Bonchev–Trinajstić information content (AvgIpc) is 3.33. The molecule has 0 aliphatic carbocycles. The maximum absolute atomic E-state index is 11.8. The zero-order valence-electron chi connectivity index (χ0n) is 26.3. The van der Waals surface area contributed by atoms with Crippen molar-refractivity contribution in [3.63, 3.8) is 0 Å². The Morgan fingerprint density at radius 1 is 0.864 bits per heavy atom. The third-order valence-electron chi connectivity index (χ3n) is 8.46. The molecule has 2 aliphatic rings. The van der Waals surface area contributed by atoms with Gasteiger partial charge in [-0.1, -0.05) is 38.2 Å². The number of hydrogen-bond acceptors (Lipinski definition) is 7. The van der Waals surface area contributed by atoms with Crippen LogP contribution in [0.4, 0.5) is 11.4 Å². The van der Waals surface area contributed by atoms with E-state index >= 15 is 0 Å². The Labute approximate surface area is 259 Å². The summed E-state index contributed by atoms with van der Waals surface area (Å²) in [4.78, 5) is 2.10. The van der Waals surface area contributed by atoms with Gasteiger partial charge in [0.25, 0.3) is 10.1 Å². The molecular weight excluding hydrogens is 572 g/mol. The van der Waals surface area contributed by atoms with Gasteiger partial charge in [-0.05, 0) is 88.2 Å². The van der Waals surface area contributed by atoms with Crippen LogP contribution >= 0.6 is 0 Å². The molecule has 0 amide bonds. The van der Waals surface area contributed by atoms with Crippen LogP contribution in [0.3, 0.4) is 0 Å². The summed E-state index contributed by atoms with van der Waals surface area (Å²) in [5, 5.41) is 16.1. The Balaban J connectivity index is 1.38. The van der Waals surface area contributed by atoms with Gasteiger partial charge in [0.2, 0.25) is 5.69 Å². The van der Waals surface area contributed by atoms with Gasteiger partial charge in [-0.2, -0.15) is 13.0 Å². The molecule has 0 unspecified atom stereocenters. The highest BCUT2D eigenvalue weighted by Gasteiger charge is 2.44. The quantitative estimate of drug-likeness (QED) is 0.182. The molecule has 3 aromatic rings. The van der Waals surface area contributed by atoms with E-state index < -0.39 is 15.5 Å². The lowest BCUT2D eigenvalue weighted by Gasteiger charge is -2.25. The van der Waals surface area contributed by atoms with E-state index in [9.17, 15) is 13.0 Å². The molecule has 0 saturated carbocycles. The second kappa shape index (κ2) is 11.7. The molecule has 0 saturated heterocycles. The van der Waals surface area contributed by atoms with Crippen LogP contribution in [-0.4, -0.2) is 56.7 Å². The van der Waals surface area contributed by atoms with Gasteiger partial charge >= 0.3 is 0 Å². The number of likely N-dealkylation sites (N-methyl/N-ethyl adjacent to an activating group) is 1. The van der Waals surface area contributed by atoms with Crippen molar-refractivity contribution >= 4 is 39.4 Å². The molecule has 44 heavy (non-hydrogen) atoms. The van der Waals surface area contributed by atoms with Crippen molar-refractivity contribution in [2.45, 2.75) is 64.2 Å². The molecule has 0 atom stereocenters. The number of aromatic nitrogens is 4. The number of hydrogen-bond donors (Lipinski definition) is 1. The molecule has 2 aromatic carbocycles. The summed E-state index contributed by atoms with van der Waals surface area (Å²) in [6.45, 7) is 16.2. The third kappa shape index (κ3) is 5.67. The summed E-state index contributed by atoms with van der Waals surface area (Å²) in [5.41, 5.74) is 6.96. The Morgan fingerprint density at radius 2 is 1.59 bits per heavy atom. The fourth-order valence-electron chi connectivity index (χ4n) is 6.18. The SMILES string of the molecule is CCN1/C(=C/C=C/C=C/C2=[N+](CC)c3ccc(/C=C/c4nnc(C)nn4)cc3C2(C)C)C(C)(C)c2cc(S(=O)(=O)O)ccc21. The second-order valence-corrected chi connectivity index (χ2v) is 13.4. The molecule has 10 heteroatoms. The number of anilines is 1. The van der Waals surface area contributed by atoms with Crippen LogP contribution in [0.1, 0.15) is 69.9 Å². The van der Waals surface area contributed by atoms with E-state index in [1.807, 2.05) is 24.3 Å². The van der Waals surface area contributed by atoms with Gasteiger partial charge in [-0.15, -0.1) is 20.4 Å². The van der Waals surface area contributed by atoms with Crippen molar-refractivity contribution in [1.82, 2.24) is 20.4 Å². The van der Waals surface area contributed by atoms with Gasteiger partial charge < -0.3 is 4.90 Å². The van der Waals surface area contributed by atoms with Gasteiger partial charge in [-0.3, -0.25) is 4.55 Å². The number of allylic oxidation sites excluding steroid dienone is 6. The van der Waals surface area contributed by atoms with E-state index in [4.69, 9.17) is 0 Å². The molecule has 1 N–H and O–H groups in total. The van der Waals surface area contributed by atoms with Crippen LogP contribution in [0.25, 0.3) is 12.2 Å². The lowest BCUT2D eigenvalue weighted by molar-refractivity contribution is -0.433. The molecular formula is C34H39N6O3S+. The van der Waals surface area contributed by atoms with E-state index in [0.29, 0.717) is 11.6 Å². The minimum atomic E-state index is -4.28. The second-order valence-electron chi connectivity index (χ2n) is 12.0. The van der Waals surface area contributed by atoms with Crippen molar-refractivity contribution in [2.75, 3.05) is 18.0 Å². The first-order chi connectivity index (χ1) is 20.8. The Bertz CT molecular complexity index is 1870. The Hall–Kier alpha value is -4.28. The zero-order chi connectivity index (χ0) is 31.9. The lowest BCUT2D eigenvalue weighted by Crippen LogP contribution is -2.27. The van der Waals surface area contributed by atoms with Crippen molar-refractivity contribution < 1.29 is 17.5 Å². The first kappa shape index (κ1) is 31.2. The van der Waals surface area contributed by atoms with Crippen LogP contribution in [0.2, 0.25) is 0 Å². The largest absolute Gasteiger partial charge is 0.344 e. The maximum atomic E-state index is 11.8. The fourth-order valence-corrected chi connectivity index (χ4v) is 6.68. The summed E-state index contributed by atoms with van der Waals surface area (Å²) in [6.07, 6.45) is 14.2. The van der Waals surface area contributed by atoms with Crippen LogP contribution in [0, 0.1) is 6.92 Å². The molecule has 0 bridgehead atoms. The summed E-state index contributed by atoms with van der Waals surface area (Å²) in [6, 6.07) is 11.3. The number of aryl methyl sites for hydroxylation is 1. The highest BCUT2D eigenvalue weighted by atomic mass is 32.2. The molecule has 0 spiro atoms. The number of nitrogens with zero attached hydrogens (tertiary/aromatic N) is 6. The summed E-state index contributed by atoms with van der Waals surface area (Å²) in [5.74, 6) is 1.01. The van der Waals surface area contributed by atoms with Gasteiger partial charge in [0.1, 0.15) is 6.54 Å². The minimum Gasteiger partial charge on any atom is -0.344 e. The van der Waals surface area contributed by atoms with E-state index in [1.54, 1.807) is 19.1 Å². The topological polar surface area (TPSA) is 112 Å². The third-order valence-corrected chi connectivity index (χ3v) is 9.31. The van der Waals surface area contributed by atoms with Crippen LogP contribution in [0.5, 0.6) is 0 Å². The smallest absolute Gasteiger partial charge is 0.294 e. The lowest BCUT2D eigenvalue weighted by atomic mass is 9.80. The highest BCUT2D eigenvalue weighted by molar-refractivity contribution is 7.85. The average molecular weight is 612 g/mol. The Kier molecular flexibility index (Phi) is 8.26. The van der Waals surface area contributed by atoms with Crippen molar-refractivity contribution in [3.05, 3.63) is 101 Å². The molecule has 0 fully saturated rings. The fraction of sp³-hybridized carbons (Fsp3) is 0.324. The van der Waals surface area contributed by atoms with E-state index in [-0.39, 0.29) is 10.3 Å². The first-order valence-corrected chi connectivity index (χ1v) is 16.2. The summed E-state index contributed by atoms with van der Waals surface area (Å²) < 4.78 is 35.5. The summed E-state index contributed by atoms with van der Waals surface area (Å²) >= 11 is 0. The standard InChI is InChI=1S/C34H38N6O3S/c1-8-39-28-18-15-24(16-20-32-37-35-23(3)36-38-32)21-26(28)33(4,5)30(39)13-11-10-12-14-31-34(6,7)27-22-25(44(41,42)43)17-19-29(27)40(31)9-2/h10-22H,8-9H2,1-7H3/p+1/b20-16+. The van der Waals surface area contributed by atoms with Gasteiger partial charge in [-0.25, -0.2) is 0 Å². The van der Waals surface area contributed by atoms with Gasteiger partial charge in [0.05, 0.1) is 10.3 Å². The predicted octanol–water partition coefficient (Wildman–Crippen LogP) is 6.20. The van der Waals surface area contributed by atoms with Crippen molar-refractivity contribution in [1.29, 1.82) is 0 Å². The molecule has 228 valence electrons. The van der Waals surface area contributed by atoms with Crippen molar-refractivity contribution in [2.24, 2.45) is 0 Å². The van der Waals surface area contributed by atoms with Crippen molar-refractivity contribution in [3.8, 4) is 0 Å². The number of rotatable bonds is 8. The summed E-state index contributed by atoms with van der Waals surface area (Å²) in [7, 11) is -4.28. The molecule has 3 heterocycles. The monoisotopic (exact) mass is 611 g/mol. The number of benzene rings is 2. The van der Waals surface area contributed by atoms with E-state index in [1.165, 1.54) is 23.0 Å². The minimum absolute atomic E-state index is 0.0872. The molecule has 2 aliphatic heterocycles. The molecule has 1 aromatic heterocycles. The molecule has 5 rings (SSSR count). The number of fused-ring (bicyclic) bond motifs is 2. The highest BCUT2D eigenvalue weighted by Crippen LogP contribution is 2.48. The van der Waals surface area contributed by atoms with Crippen LogP contribution in [-0.2, 0) is 20.9 Å². The van der Waals surface area contributed by atoms with Gasteiger partial charge in [0.15, 0.2) is 17.4 Å². The normalized spacial score (nSPS) is 18.4. The predicted molar refractivity (Wildman–Crippen MR) is 175 cm³/mol. The zero-order valence-corrected chi connectivity index (χ0v) is 27.1. The molecule has 9 nitrogen and oxygen atoms in total. The van der Waals surface area contributed by atoms with Gasteiger partial charge in [0, 0.05) is 41.1 Å². The Morgan fingerprint density at radius 3 is 2.25 bits per heavy atom. The van der Waals surface area contributed by atoms with E-state index in [0.717, 1.165) is 35.6 Å². The van der Waals surface area contributed by atoms with Crippen LogP contribution in [0.15, 0.2) is 77.4 Å². The maximum Gasteiger partial charge on any atom is 0.294 e.